The van der Waals surface area contributed by atoms with Crippen molar-refractivity contribution < 1.29 is 5.11 Å². The topological polar surface area (TPSA) is 20.2 Å². The molecule has 1 saturated carbocycles. The quantitative estimate of drug-likeness (QED) is 0.780. The molecule has 18 heavy (non-hydrogen) atoms. The van der Waals surface area contributed by atoms with Crippen LogP contribution in [-0.4, -0.2) is 11.2 Å². The van der Waals surface area contributed by atoms with Gasteiger partial charge in [0.1, 0.15) is 0 Å². The summed E-state index contributed by atoms with van der Waals surface area (Å²) in [5, 5.41) is 9.67. The van der Waals surface area contributed by atoms with E-state index in [9.17, 15) is 5.11 Å². The Morgan fingerprint density at radius 2 is 1.83 bits per heavy atom. The SMILES string of the molecule is CC(C)(C)c1ccc(/C=C2/CCCC(O)C2)cc1. The first-order chi connectivity index (χ1) is 8.45. The van der Waals surface area contributed by atoms with E-state index in [1.807, 2.05) is 0 Å². The normalized spacial score (nSPS) is 23.3. The van der Waals surface area contributed by atoms with E-state index in [0.717, 1.165) is 25.7 Å². The Bertz CT molecular complexity index is 420. The maximum absolute atomic E-state index is 9.67. The van der Waals surface area contributed by atoms with Crippen molar-refractivity contribution >= 4 is 6.08 Å². The maximum atomic E-state index is 9.67. The van der Waals surface area contributed by atoms with E-state index in [0.29, 0.717) is 0 Å². The van der Waals surface area contributed by atoms with Gasteiger partial charge in [-0.05, 0) is 42.2 Å². The summed E-state index contributed by atoms with van der Waals surface area (Å²) in [6.45, 7) is 6.70. The molecule has 1 atom stereocenters. The summed E-state index contributed by atoms with van der Waals surface area (Å²) >= 11 is 0. The van der Waals surface area contributed by atoms with Crippen LogP contribution in [0.3, 0.4) is 0 Å². The Labute approximate surface area is 111 Å². The van der Waals surface area contributed by atoms with Crippen LogP contribution >= 0.6 is 0 Å². The monoisotopic (exact) mass is 244 g/mol. The highest BCUT2D eigenvalue weighted by atomic mass is 16.3. The Morgan fingerprint density at radius 1 is 1.17 bits per heavy atom. The Balaban J connectivity index is 2.13. The molecule has 0 heterocycles. The number of hydrogen-bond acceptors (Lipinski definition) is 1. The number of aliphatic hydroxyl groups is 1. The fourth-order valence-corrected chi connectivity index (χ4v) is 2.52. The van der Waals surface area contributed by atoms with Gasteiger partial charge in [0.2, 0.25) is 0 Å². The van der Waals surface area contributed by atoms with Gasteiger partial charge in [0.05, 0.1) is 6.10 Å². The van der Waals surface area contributed by atoms with Gasteiger partial charge in [0.25, 0.3) is 0 Å². The fourth-order valence-electron chi connectivity index (χ4n) is 2.52. The minimum Gasteiger partial charge on any atom is -0.393 e. The van der Waals surface area contributed by atoms with Gasteiger partial charge in [0, 0.05) is 0 Å². The first-order valence-corrected chi connectivity index (χ1v) is 6.93. The predicted octanol–water partition coefficient (Wildman–Crippen LogP) is 4.30. The van der Waals surface area contributed by atoms with Crippen molar-refractivity contribution in [2.75, 3.05) is 0 Å². The van der Waals surface area contributed by atoms with Crippen molar-refractivity contribution in [3.05, 3.63) is 41.0 Å². The molecule has 1 nitrogen and oxygen atoms in total. The lowest BCUT2D eigenvalue weighted by atomic mass is 9.86. The Hall–Kier alpha value is -1.08. The first-order valence-electron chi connectivity index (χ1n) is 6.93. The lowest BCUT2D eigenvalue weighted by molar-refractivity contribution is 0.150. The van der Waals surface area contributed by atoms with Gasteiger partial charge in [-0.1, -0.05) is 56.7 Å². The number of hydrogen-bond donors (Lipinski definition) is 1. The van der Waals surface area contributed by atoms with Crippen molar-refractivity contribution in [2.24, 2.45) is 0 Å². The molecule has 98 valence electrons. The van der Waals surface area contributed by atoms with Gasteiger partial charge in [0.15, 0.2) is 0 Å². The molecule has 0 spiro atoms. The molecule has 1 heteroatoms. The van der Waals surface area contributed by atoms with Gasteiger partial charge in [-0.15, -0.1) is 0 Å². The van der Waals surface area contributed by atoms with Crippen molar-refractivity contribution in [1.29, 1.82) is 0 Å². The van der Waals surface area contributed by atoms with Crippen LogP contribution in [0.1, 0.15) is 57.6 Å². The standard InChI is InChI=1S/C17H24O/c1-17(2,3)15-9-7-13(8-10-15)11-14-5-4-6-16(18)12-14/h7-11,16,18H,4-6,12H2,1-3H3/b14-11-. The average Bonchev–Trinajstić information content (AvgIpc) is 2.28. The van der Waals surface area contributed by atoms with Crippen molar-refractivity contribution in [3.8, 4) is 0 Å². The summed E-state index contributed by atoms with van der Waals surface area (Å²) in [7, 11) is 0. The zero-order chi connectivity index (χ0) is 13.2. The van der Waals surface area contributed by atoms with Crippen LogP contribution in [0.4, 0.5) is 0 Å². The molecule has 1 unspecified atom stereocenters. The molecule has 1 aliphatic rings. The molecule has 0 bridgehead atoms. The largest absolute Gasteiger partial charge is 0.393 e. The maximum Gasteiger partial charge on any atom is 0.0577 e. The summed E-state index contributed by atoms with van der Waals surface area (Å²) in [5.41, 5.74) is 4.23. The first kappa shape index (κ1) is 13.4. The third-order valence-corrected chi connectivity index (χ3v) is 3.68. The van der Waals surface area contributed by atoms with Crippen LogP contribution in [0.2, 0.25) is 0 Å². The summed E-state index contributed by atoms with van der Waals surface area (Å²) in [5.74, 6) is 0. The van der Waals surface area contributed by atoms with Gasteiger partial charge in [-0.3, -0.25) is 0 Å². The highest BCUT2D eigenvalue weighted by Gasteiger charge is 2.15. The molecule has 0 aliphatic heterocycles. The van der Waals surface area contributed by atoms with E-state index in [1.165, 1.54) is 16.7 Å². The third kappa shape index (κ3) is 3.46. The second-order valence-electron chi connectivity index (χ2n) is 6.42. The summed E-state index contributed by atoms with van der Waals surface area (Å²) in [4.78, 5) is 0. The number of aliphatic hydroxyl groups excluding tert-OH is 1. The molecule has 1 aromatic carbocycles. The third-order valence-electron chi connectivity index (χ3n) is 3.68. The van der Waals surface area contributed by atoms with E-state index < -0.39 is 0 Å². The van der Waals surface area contributed by atoms with Gasteiger partial charge in [-0.2, -0.15) is 0 Å². The van der Waals surface area contributed by atoms with Crippen LogP contribution < -0.4 is 0 Å². The Kier molecular flexibility index (Phi) is 3.91. The van der Waals surface area contributed by atoms with Gasteiger partial charge < -0.3 is 5.11 Å². The second kappa shape index (κ2) is 5.27. The average molecular weight is 244 g/mol. The minimum absolute atomic E-state index is 0.126. The summed E-state index contributed by atoms with van der Waals surface area (Å²) in [6.07, 6.45) is 6.18. The van der Waals surface area contributed by atoms with Crippen LogP contribution in [0.25, 0.3) is 6.08 Å². The van der Waals surface area contributed by atoms with Gasteiger partial charge >= 0.3 is 0 Å². The van der Waals surface area contributed by atoms with E-state index in [-0.39, 0.29) is 11.5 Å². The smallest absolute Gasteiger partial charge is 0.0577 e. The molecule has 0 aromatic heterocycles. The van der Waals surface area contributed by atoms with E-state index in [1.54, 1.807) is 0 Å². The summed E-state index contributed by atoms with van der Waals surface area (Å²) < 4.78 is 0. The zero-order valence-electron chi connectivity index (χ0n) is 11.7. The number of rotatable bonds is 1. The molecule has 1 aromatic rings. The minimum atomic E-state index is -0.126. The predicted molar refractivity (Wildman–Crippen MR) is 77.6 cm³/mol. The van der Waals surface area contributed by atoms with Crippen LogP contribution in [0.15, 0.2) is 29.8 Å². The van der Waals surface area contributed by atoms with Crippen molar-refractivity contribution in [1.82, 2.24) is 0 Å². The highest BCUT2D eigenvalue weighted by Crippen LogP contribution is 2.27. The van der Waals surface area contributed by atoms with E-state index in [2.05, 4.69) is 51.1 Å². The molecular formula is C17H24O. The zero-order valence-corrected chi connectivity index (χ0v) is 11.7. The molecule has 1 aliphatic carbocycles. The van der Waals surface area contributed by atoms with Crippen LogP contribution in [0.5, 0.6) is 0 Å². The molecule has 1 fully saturated rings. The highest BCUT2D eigenvalue weighted by molar-refractivity contribution is 5.54. The van der Waals surface area contributed by atoms with Crippen molar-refractivity contribution in [2.45, 2.75) is 58.0 Å². The Morgan fingerprint density at radius 3 is 2.39 bits per heavy atom. The molecule has 0 saturated heterocycles. The molecule has 0 amide bonds. The van der Waals surface area contributed by atoms with Gasteiger partial charge in [-0.25, -0.2) is 0 Å². The second-order valence-corrected chi connectivity index (χ2v) is 6.42. The molecule has 2 rings (SSSR count). The summed E-state index contributed by atoms with van der Waals surface area (Å²) in [6, 6.07) is 8.81. The lowest BCUT2D eigenvalue weighted by Crippen LogP contribution is -2.12. The van der Waals surface area contributed by atoms with Crippen molar-refractivity contribution in [3.63, 3.8) is 0 Å². The van der Waals surface area contributed by atoms with Crippen LogP contribution in [0, 0.1) is 0 Å². The van der Waals surface area contributed by atoms with E-state index in [4.69, 9.17) is 0 Å². The van der Waals surface area contributed by atoms with Crippen LogP contribution in [-0.2, 0) is 5.41 Å². The molecular weight excluding hydrogens is 220 g/mol. The fraction of sp³-hybridized carbons (Fsp3) is 0.529. The van der Waals surface area contributed by atoms with E-state index >= 15 is 0 Å². The lowest BCUT2D eigenvalue weighted by Gasteiger charge is -2.20. The number of benzene rings is 1. The molecule has 1 N–H and O–H groups in total. The molecule has 0 radical (unpaired) electrons.